The Labute approximate surface area is 117 Å². The van der Waals surface area contributed by atoms with Crippen molar-refractivity contribution >= 4 is 0 Å². The first-order chi connectivity index (χ1) is 9.13. The summed E-state index contributed by atoms with van der Waals surface area (Å²) >= 11 is 0. The van der Waals surface area contributed by atoms with Gasteiger partial charge in [-0.05, 0) is 55.6 Å². The number of nitrogens with zero attached hydrogens (tertiary/aromatic N) is 2. The SMILES string of the molecule is CC(C)c1ccc2c(c1)CN(C1CCN(C)CC1)C2. The monoisotopic (exact) mass is 258 g/mol. The van der Waals surface area contributed by atoms with Gasteiger partial charge in [-0.1, -0.05) is 32.0 Å². The Bertz CT molecular complexity index is 445. The van der Waals surface area contributed by atoms with Crippen LogP contribution < -0.4 is 0 Å². The maximum absolute atomic E-state index is 2.70. The zero-order chi connectivity index (χ0) is 13.4. The summed E-state index contributed by atoms with van der Waals surface area (Å²) in [6.45, 7) is 9.42. The Balaban J connectivity index is 1.70. The molecule has 2 nitrogen and oxygen atoms in total. The van der Waals surface area contributed by atoms with Crippen molar-refractivity contribution in [1.29, 1.82) is 0 Å². The Morgan fingerprint density at radius 1 is 1.05 bits per heavy atom. The number of rotatable bonds is 2. The van der Waals surface area contributed by atoms with Crippen LogP contribution in [0.25, 0.3) is 0 Å². The molecule has 0 aromatic heterocycles. The van der Waals surface area contributed by atoms with E-state index < -0.39 is 0 Å². The third-order valence-electron chi connectivity index (χ3n) is 4.85. The highest BCUT2D eigenvalue weighted by Crippen LogP contribution is 2.30. The van der Waals surface area contributed by atoms with Crippen LogP contribution in [-0.2, 0) is 13.1 Å². The van der Waals surface area contributed by atoms with Crippen LogP contribution in [0.5, 0.6) is 0 Å². The fourth-order valence-electron chi connectivity index (χ4n) is 3.42. The topological polar surface area (TPSA) is 6.48 Å². The number of hydrogen-bond donors (Lipinski definition) is 0. The van der Waals surface area contributed by atoms with Crippen LogP contribution in [0.3, 0.4) is 0 Å². The zero-order valence-corrected chi connectivity index (χ0v) is 12.5. The summed E-state index contributed by atoms with van der Waals surface area (Å²) in [4.78, 5) is 5.15. The molecule has 0 spiro atoms. The van der Waals surface area contributed by atoms with E-state index in [2.05, 4.69) is 48.9 Å². The first-order valence-electron chi connectivity index (χ1n) is 7.68. The lowest BCUT2D eigenvalue weighted by molar-refractivity contribution is 0.120. The van der Waals surface area contributed by atoms with E-state index in [4.69, 9.17) is 0 Å². The number of likely N-dealkylation sites (tertiary alicyclic amines) is 1. The van der Waals surface area contributed by atoms with Crippen LogP contribution in [-0.4, -0.2) is 36.0 Å². The Hall–Kier alpha value is -0.860. The Morgan fingerprint density at radius 3 is 2.42 bits per heavy atom. The molecule has 2 aliphatic heterocycles. The predicted molar refractivity (Wildman–Crippen MR) is 80.3 cm³/mol. The minimum atomic E-state index is 0.641. The van der Waals surface area contributed by atoms with Crippen molar-refractivity contribution < 1.29 is 0 Å². The highest BCUT2D eigenvalue weighted by atomic mass is 15.2. The lowest BCUT2D eigenvalue weighted by atomic mass is 9.99. The summed E-state index contributed by atoms with van der Waals surface area (Å²) in [6, 6.07) is 7.92. The largest absolute Gasteiger partial charge is 0.306 e. The zero-order valence-electron chi connectivity index (χ0n) is 12.5. The average Bonchev–Trinajstić information content (AvgIpc) is 2.82. The molecule has 0 N–H and O–H groups in total. The van der Waals surface area contributed by atoms with Crippen molar-refractivity contribution in [1.82, 2.24) is 9.80 Å². The molecule has 104 valence electrons. The molecule has 0 bridgehead atoms. The van der Waals surface area contributed by atoms with Gasteiger partial charge in [-0.15, -0.1) is 0 Å². The molecule has 1 fully saturated rings. The fraction of sp³-hybridized carbons (Fsp3) is 0.647. The van der Waals surface area contributed by atoms with Crippen molar-refractivity contribution in [3.8, 4) is 0 Å². The van der Waals surface area contributed by atoms with Crippen molar-refractivity contribution in [3.63, 3.8) is 0 Å². The van der Waals surface area contributed by atoms with Gasteiger partial charge in [-0.25, -0.2) is 0 Å². The van der Waals surface area contributed by atoms with Gasteiger partial charge in [0.25, 0.3) is 0 Å². The van der Waals surface area contributed by atoms with Crippen LogP contribution in [0, 0.1) is 0 Å². The van der Waals surface area contributed by atoms with Crippen molar-refractivity contribution in [3.05, 3.63) is 34.9 Å². The van der Waals surface area contributed by atoms with Gasteiger partial charge in [0, 0.05) is 19.1 Å². The average molecular weight is 258 g/mol. The molecule has 0 saturated carbocycles. The van der Waals surface area contributed by atoms with Crippen LogP contribution in [0.4, 0.5) is 0 Å². The second-order valence-electron chi connectivity index (χ2n) is 6.62. The third-order valence-corrected chi connectivity index (χ3v) is 4.85. The molecule has 0 unspecified atom stereocenters. The lowest BCUT2D eigenvalue weighted by Gasteiger charge is -2.34. The minimum absolute atomic E-state index is 0.641. The maximum Gasteiger partial charge on any atom is 0.0243 e. The van der Waals surface area contributed by atoms with E-state index in [1.54, 1.807) is 11.1 Å². The van der Waals surface area contributed by atoms with E-state index in [-0.39, 0.29) is 0 Å². The van der Waals surface area contributed by atoms with E-state index in [0.29, 0.717) is 5.92 Å². The van der Waals surface area contributed by atoms with Gasteiger partial charge in [-0.2, -0.15) is 0 Å². The first kappa shape index (κ1) is 13.1. The van der Waals surface area contributed by atoms with Crippen molar-refractivity contribution in [2.75, 3.05) is 20.1 Å². The van der Waals surface area contributed by atoms with E-state index in [1.807, 2.05) is 0 Å². The number of fused-ring (bicyclic) bond motifs is 1. The van der Waals surface area contributed by atoms with Gasteiger partial charge >= 0.3 is 0 Å². The van der Waals surface area contributed by atoms with E-state index in [1.165, 1.54) is 44.6 Å². The lowest BCUT2D eigenvalue weighted by Crippen LogP contribution is -2.41. The van der Waals surface area contributed by atoms with Gasteiger partial charge in [0.2, 0.25) is 0 Å². The van der Waals surface area contributed by atoms with Crippen molar-refractivity contribution in [2.45, 2.75) is 51.7 Å². The molecule has 1 aromatic rings. The quantitative estimate of drug-likeness (QED) is 0.803. The molecule has 2 aliphatic rings. The van der Waals surface area contributed by atoms with E-state index >= 15 is 0 Å². The summed E-state index contributed by atoms with van der Waals surface area (Å²) in [5.74, 6) is 0.641. The van der Waals surface area contributed by atoms with Gasteiger partial charge in [-0.3, -0.25) is 4.90 Å². The number of piperidine rings is 1. The molecule has 0 amide bonds. The second-order valence-corrected chi connectivity index (χ2v) is 6.62. The molecule has 1 saturated heterocycles. The van der Waals surface area contributed by atoms with Gasteiger partial charge < -0.3 is 4.90 Å². The molecule has 2 heteroatoms. The van der Waals surface area contributed by atoms with Gasteiger partial charge in [0.15, 0.2) is 0 Å². The van der Waals surface area contributed by atoms with Crippen LogP contribution >= 0.6 is 0 Å². The molecule has 2 heterocycles. The molecule has 0 radical (unpaired) electrons. The van der Waals surface area contributed by atoms with Crippen LogP contribution in [0.1, 0.15) is 49.3 Å². The minimum Gasteiger partial charge on any atom is -0.306 e. The third kappa shape index (κ3) is 2.70. The summed E-state index contributed by atoms with van der Waals surface area (Å²) in [6.07, 6.45) is 2.67. The highest BCUT2D eigenvalue weighted by Gasteiger charge is 2.28. The van der Waals surface area contributed by atoms with Gasteiger partial charge in [0.05, 0.1) is 0 Å². The summed E-state index contributed by atoms with van der Waals surface area (Å²) < 4.78 is 0. The summed E-state index contributed by atoms with van der Waals surface area (Å²) in [5.41, 5.74) is 4.62. The molecule has 0 aliphatic carbocycles. The summed E-state index contributed by atoms with van der Waals surface area (Å²) in [5, 5.41) is 0. The Morgan fingerprint density at radius 2 is 1.74 bits per heavy atom. The van der Waals surface area contributed by atoms with Crippen molar-refractivity contribution in [2.24, 2.45) is 0 Å². The molecular weight excluding hydrogens is 232 g/mol. The summed E-state index contributed by atoms with van der Waals surface area (Å²) in [7, 11) is 2.24. The molecule has 0 atom stereocenters. The maximum atomic E-state index is 2.70. The second kappa shape index (κ2) is 5.26. The predicted octanol–water partition coefficient (Wildman–Crippen LogP) is 3.22. The van der Waals surface area contributed by atoms with E-state index in [9.17, 15) is 0 Å². The van der Waals surface area contributed by atoms with Crippen LogP contribution in [0.15, 0.2) is 18.2 Å². The number of benzene rings is 1. The number of hydrogen-bond acceptors (Lipinski definition) is 2. The molecule has 19 heavy (non-hydrogen) atoms. The molecular formula is C17H26N2. The normalized spacial score (nSPS) is 22.1. The molecule has 1 aromatic carbocycles. The van der Waals surface area contributed by atoms with E-state index in [0.717, 1.165) is 6.04 Å². The standard InChI is InChI=1S/C17H26N2/c1-13(2)14-4-5-15-11-19(12-16(15)10-14)17-6-8-18(3)9-7-17/h4-5,10,13,17H,6-9,11-12H2,1-3H3. The first-order valence-corrected chi connectivity index (χ1v) is 7.68. The Kier molecular flexibility index (Phi) is 3.64. The fourth-order valence-corrected chi connectivity index (χ4v) is 3.42. The van der Waals surface area contributed by atoms with Crippen LogP contribution in [0.2, 0.25) is 0 Å². The smallest absolute Gasteiger partial charge is 0.0243 e. The highest BCUT2D eigenvalue weighted by molar-refractivity contribution is 5.36. The van der Waals surface area contributed by atoms with Gasteiger partial charge in [0.1, 0.15) is 0 Å². The molecule has 3 rings (SSSR count).